The highest BCUT2D eigenvalue weighted by atomic mass is 19.2. The molecule has 1 aliphatic heterocycles. The van der Waals surface area contributed by atoms with Crippen LogP contribution in [0.15, 0.2) is 12.1 Å². The minimum absolute atomic E-state index is 0.112. The predicted octanol–water partition coefficient (Wildman–Crippen LogP) is 0.380. The summed E-state index contributed by atoms with van der Waals surface area (Å²) in [7, 11) is 0. The number of aliphatic hydroxyl groups excluding tert-OH is 1. The molecule has 1 unspecified atom stereocenters. The second-order valence-corrected chi connectivity index (χ2v) is 4.26. The van der Waals surface area contributed by atoms with Gasteiger partial charge in [-0.3, -0.25) is 4.79 Å². The first-order valence-electron chi connectivity index (χ1n) is 5.78. The predicted molar refractivity (Wildman–Crippen MR) is 63.5 cm³/mol. The van der Waals surface area contributed by atoms with Crippen LogP contribution in [-0.4, -0.2) is 48.3 Å². The van der Waals surface area contributed by atoms with Crippen molar-refractivity contribution >= 4 is 11.6 Å². The van der Waals surface area contributed by atoms with E-state index in [-0.39, 0.29) is 31.0 Å². The molecule has 1 heterocycles. The molecule has 1 saturated heterocycles. The van der Waals surface area contributed by atoms with E-state index in [4.69, 9.17) is 10.5 Å². The lowest BCUT2D eigenvalue weighted by Gasteiger charge is -2.34. The van der Waals surface area contributed by atoms with Crippen LogP contribution in [-0.2, 0) is 4.74 Å². The molecule has 0 radical (unpaired) electrons. The zero-order chi connectivity index (χ0) is 14.0. The number of halogens is 2. The third kappa shape index (κ3) is 2.66. The number of amides is 1. The van der Waals surface area contributed by atoms with E-state index in [1.54, 1.807) is 0 Å². The van der Waals surface area contributed by atoms with Crippen LogP contribution in [0.1, 0.15) is 10.4 Å². The highest BCUT2D eigenvalue weighted by molar-refractivity contribution is 5.99. The third-order valence-electron chi connectivity index (χ3n) is 3.02. The number of morpholine rings is 1. The van der Waals surface area contributed by atoms with E-state index in [1.807, 2.05) is 0 Å². The van der Waals surface area contributed by atoms with E-state index in [2.05, 4.69) is 0 Å². The zero-order valence-corrected chi connectivity index (χ0v) is 10.1. The molecule has 0 bridgehead atoms. The van der Waals surface area contributed by atoms with E-state index in [1.165, 1.54) is 4.90 Å². The standard InChI is InChI=1S/C12H14F2N2O3/c13-9-3-8(11(15)4-10(9)14)12(18)16-1-2-19-6-7(16)5-17/h3-4,7,17H,1-2,5-6,15H2. The van der Waals surface area contributed by atoms with Gasteiger partial charge >= 0.3 is 0 Å². The van der Waals surface area contributed by atoms with Crippen LogP contribution in [0.2, 0.25) is 0 Å². The molecule has 0 spiro atoms. The topological polar surface area (TPSA) is 75.8 Å². The van der Waals surface area contributed by atoms with Gasteiger partial charge in [-0.1, -0.05) is 0 Å². The first-order chi connectivity index (χ1) is 9.04. The summed E-state index contributed by atoms with van der Waals surface area (Å²) in [5, 5.41) is 9.19. The number of carbonyl (C=O) groups excluding carboxylic acids is 1. The van der Waals surface area contributed by atoms with Gasteiger partial charge in [0.2, 0.25) is 0 Å². The molecule has 1 aromatic carbocycles. The van der Waals surface area contributed by atoms with Crippen molar-refractivity contribution in [3.63, 3.8) is 0 Å². The quantitative estimate of drug-likeness (QED) is 0.763. The summed E-state index contributed by atoms with van der Waals surface area (Å²) in [5.74, 6) is -2.78. The maximum Gasteiger partial charge on any atom is 0.256 e. The Morgan fingerprint density at radius 2 is 2.16 bits per heavy atom. The number of hydrogen-bond donors (Lipinski definition) is 2. The van der Waals surface area contributed by atoms with Crippen molar-refractivity contribution in [2.45, 2.75) is 6.04 Å². The number of ether oxygens (including phenoxy) is 1. The number of hydrogen-bond acceptors (Lipinski definition) is 4. The molecule has 1 atom stereocenters. The average molecular weight is 272 g/mol. The molecule has 19 heavy (non-hydrogen) atoms. The van der Waals surface area contributed by atoms with E-state index < -0.39 is 23.6 Å². The first kappa shape index (κ1) is 13.7. The highest BCUT2D eigenvalue weighted by Crippen LogP contribution is 2.20. The van der Waals surface area contributed by atoms with Crippen molar-refractivity contribution in [3.05, 3.63) is 29.3 Å². The van der Waals surface area contributed by atoms with Crippen molar-refractivity contribution in [1.29, 1.82) is 0 Å². The van der Waals surface area contributed by atoms with E-state index in [0.717, 1.165) is 12.1 Å². The number of nitrogen functional groups attached to an aromatic ring is 1. The maximum absolute atomic E-state index is 13.2. The Labute approximate surface area is 108 Å². The minimum atomic E-state index is -1.13. The summed E-state index contributed by atoms with van der Waals surface area (Å²) in [6, 6.07) is 1.04. The van der Waals surface area contributed by atoms with Gasteiger partial charge < -0.3 is 20.5 Å². The van der Waals surface area contributed by atoms with Gasteiger partial charge in [0.15, 0.2) is 11.6 Å². The van der Waals surface area contributed by atoms with Crippen LogP contribution in [0.4, 0.5) is 14.5 Å². The van der Waals surface area contributed by atoms with Crippen LogP contribution < -0.4 is 5.73 Å². The summed E-state index contributed by atoms with van der Waals surface area (Å²) >= 11 is 0. The number of carbonyl (C=O) groups is 1. The molecular weight excluding hydrogens is 258 g/mol. The van der Waals surface area contributed by atoms with Crippen LogP contribution in [0.25, 0.3) is 0 Å². The van der Waals surface area contributed by atoms with Crippen LogP contribution >= 0.6 is 0 Å². The van der Waals surface area contributed by atoms with Crippen molar-refractivity contribution in [2.75, 3.05) is 32.1 Å². The maximum atomic E-state index is 13.2. The molecule has 0 saturated carbocycles. The molecule has 104 valence electrons. The smallest absolute Gasteiger partial charge is 0.256 e. The molecule has 1 aliphatic rings. The second-order valence-electron chi connectivity index (χ2n) is 4.26. The van der Waals surface area contributed by atoms with E-state index in [0.29, 0.717) is 6.61 Å². The van der Waals surface area contributed by atoms with Crippen molar-refractivity contribution in [2.24, 2.45) is 0 Å². The van der Waals surface area contributed by atoms with Gasteiger partial charge in [-0.25, -0.2) is 8.78 Å². The summed E-state index contributed by atoms with van der Waals surface area (Å²) in [5.41, 5.74) is 5.29. The second kappa shape index (κ2) is 5.50. The Hall–Kier alpha value is -1.73. The number of aliphatic hydroxyl groups is 1. The van der Waals surface area contributed by atoms with Crippen LogP contribution in [0, 0.1) is 11.6 Å². The Morgan fingerprint density at radius 1 is 1.47 bits per heavy atom. The molecule has 5 nitrogen and oxygen atoms in total. The molecule has 7 heteroatoms. The highest BCUT2D eigenvalue weighted by Gasteiger charge is 2.29. The third-order valence-corrected chi connectivity index (χ3v) is 3.02. The Bertz CT molecular complexity index is 496. The number of nitrogens with zero attached hydrogens (tertiary/aromatic N) is 1. The summed E-state index contributed by atoms with van der Waals surface area (Å²) in [4.78, 5) is 13.6. The molecular formula is C12H14F2N2O3. The van der Waals surface area contributed by atoms with Crippen LogP contribution in [0.5, 0.6) is 0 Å². The van der Waals surface area contributed by atoms with Crippen LogP contribution in [0.3, 0.4) is 0 Å². The number of rotatable bonds is 2. The van der Waals surface area contributed by atoms with Gasteiger partial charge in [0, 0.05) is 18.3 Å². The summed E-state index contributed by atoms with van der Waals surface area (Å²) in [6.45, 7) is 0.523. The lowest BCUT2D eigenvalue weighted by atomic mass is 10.1. The van der Waals surface area contributed by atoms with E-state index >= 15 is 0 Å². The molecule has 1 aromatic rings. The fourth-order valence-electron chi connectivity index (χ4n) is 1.98. The lowest BCUT2D eigenvalue weighted by molar-refractivity contribution is -0.0183. The number of benzene rings is 1. The van der Waals surface area contributed by atoms with Crippen molar-refractivity contribution in [1.82, 2.24) is 4.90 Å². The van der Waals surface area contributed by atoms with E-state index in [9.17, 15) is 18.7 Å². The van der Waals surface area contributed by atoms with Gasteiger partial charge in [0.1, 0.15) is 0 Å². The fraction of sp³-hybridized carbons (Fsp3) is 0.417. The fourth-order valence-corrected chi connectivity index (χ4v) is 1.98. The van der Waals surface area contributed by atoms with Gasteiger partial charge in [0.05, 0.1) is 31.4 Å². The summed E-state index contributed by atoms with van der Waals surface area (Å²) in [6.07, 6.45) is 0. The molecule has 2 rings (SSSR count). The average Bonchev–Trinajstić information content (AvgIpc) is 2.42. The molecule has 0 aromatic heterocycles. The monoisotopic (exact) mass is 272 g/mol. The summed E-state index contributed by atoms with van der Waals surface area (Å²) < 4.78 is 31.3. The molecule has 0 aliphatic carbocycles. The Balaban J connectivity index is 2.30. The number of nitrogens with two attached hydrogens (primary N) is 1. The molecule has 1 fully saturated rings. The van der Waals surface area contributed by atoms with Gasteiger partial charge in [0.25, 0.3) is 5.91 Å². The van der Waals surface area contributed by atoms with Gasteiger partial charge in [-0.05, 0) is 6.07 Å². The van der Waals surface area contributed by atoms with Gasteiger partial charge in [-0.2, -0.15) is 0 Å². The zero-order valence-electron chi connectivity index (χ0n) is 10.1. The van der Waals surface area contributed by atoms with Crippen molar-refractivity contribution in [3.8, 4) is 0 Å². The Morgan fingerprint density at radius 3 is 2.84 bits per heavy atom. The Kier molecular flexibility index (Phi) is 3.96. The first-order valence-corrected chi connectivity index (χ1v) is 5.78. The molecule has 3 N–H and O–H groups in total. The molecule has 1 amide bonds. The van der Waals surface area contributed by atoms with Crippen molar-refractivity contribution < 1.29 is 23.4 Å². The largest absolute Gasteiger partial charge is 0.398 e. The lowest BCUT2D eigenvalue weighted by Crippen LogP contribution is -2.50. The normalized spacial score (nSPS) is 19.5. The number of anilines is 1. The SMILES string of the molecule is Nc1cc(F)c(F)cc1C(=O)N1CCOCC1CO. The van der Waals surface area contributed by atoms with Gasteiger partial charge in [-0.15, -0.1) is 0 Å². The minimum Gasteiger partial charge on any atom is -0.398 e.